The van der Waals surface area contributed by atoms with Crippen LogP contribution in [0.4, 0.5) is 11.4 Å². The average Bonchev–Trinajstić information content (AvgIpc) is 3.37. The van der Waals surface area contributed by atoms with Crippen molar-refractivity contribution in [2.24, 2.45) is 5.92 Å². The third-order valence-electron chi connectivity index (χ3n) is 6.62. The number of pyridine rings is 1. The average molecular weight is 571 g/mol. The Labute approximate surface area is 230 Å². The number of sulfonamides is 1. The molecular formula is C27H27ClN4O4S2. The van der Waals surface area contributed by atoms with Gasteiger partial charge < -0.3 is 15.0 Å². The van der Waals surface area contributed by atoms with Crippen LogP contribution in [-0.4, -0.2) is 46.1 Å². The van der Waals surface area contributed by atoms with Gasteiger partial charge in [-0.3, -0.25) is 14.5 Å². The molecule has 198 valence electrons. The Morgan fingerprint density at radius 2 is 1.87 bits per heavy atom. The van der Waals surface area contributed by atoms with Gasteiger partial charge in [0.15, 0.2) is 0 Å². The number of halogens is 1. The zero-order chi connectivity index (χ0) is 26.7. The van der Waals surface area contributed by atoms with Gasteiger partial charge >= 0.3 is 0 Å². The summed E-state index contributed by atoms with van der Waals surface area (Å²) in [5.74, 6) is 0.425. The second kappa shape index (κ2) is 11.2. The second-order valence-corrected chi connectivity index (χ2v) is 12.5. The molecule has 0 unspecified atom stereocenters. The molecule has 1 aliphatic heterocycles. The summed E-state index contributed by atoms with van der Waals surface area (Å²) in [4.78, 5) is 19.4. The third kappa shape index (κ3) is 5.87. The van der Waals surface area contributed by atoms with Crippen molar-refractivity contribution in [1.29, 1.82) is 0 Å². The van der Waals surface area contributed by atoms with Crippen LogP contribution in [0.2, 0.25) is 5.02 Å². The number of aromatic nitrogens is 1. The van der Waals surface area contributed by atoms with Crippen molar-refractivity contribution < 1.29 is 17.9 Å². The molecule has 2 N–H and O–H groups in total. The summed E-state index contributed by atoms with van der Waals surface area (Å²) >= 11 is 7.17. The van der Waals surface area contributed by atoms with Gasteiger partial charge in [0.25, 0.3) is 15.9 Å². The second-order valence-electron chi connectivity index (χ2n) is 9.11. The minimum atomic E-state index is -3.92. The Bertz CT molecular complexity index is 1550. The Morgan fingerprint density at radius 3 is 2.61 bits per heavy atom. The summed E-state index contributed by atoms with van der Waals surface area (Å²) < 4.78 is 35.2. The van der Waals surface area contributed by atoms with Crippen molar-refractivity contribution in [2.45, 2.75) is 17.1 Å². The molecule has 5 rings (SSSR count). The topological polar surface area (TPSA) is 101 Å². The van der Waals surface area contributed by atoms with Crippen molar-refractivity contribution in [3.63, 3.8) is 0 Å². The maximum absolute atomic E-state index is 13.2. The van der Waals surface area contributed by atoms with E-state index in [1.165, 1.54) is 13.2 Å². The predicted octanol–water partition coefficient (Wildman–Crippen LogP) is 5.41. The molecule has 3 heterocycles. The molecule has 1 aliphatic rings. The van der Waals surface area contributed by atoms with E-state index < -0.39 is 10.0 Å². The Kier molecular flexibility index (Phi) is 7.73. The van der Waals surface area contributed by atoms with Gasteiger partial charge in [0.2, 0.25) is 0 Å². The van der Waals surface area contributed by atoms with Gasteiger partial charge in [-0.15, -0.1) is 11.3 Å². The number of rotatable bonds is 8. The molecule has 0 bridgehead atoms. The Balaban J connectivity index is 1.24. The number of nitrogens with zero attached hydrogens (tertiary/aromatic N) is 2. The van der Waals surface area contributed by atoms with Crippen molar-refractivity contribution in [2.75, 3.05) is 36.4 Å². The molecule has 2 aromatic carbocycles. The predicted molar refractivity (Wildman–Crippen MR) is 152 cm³/mol. The number of thiophene rings is 1. The minimum absolute atomic E-state index is 0.143. The van der Waals surface area contributed by atoms with E-state index in [2.05, 4.69) is 19.9 Å². The molecule has 0 aliphatic carbocycles. The zero-order valence-corrected chi connectivity index (χ0v) is 23.1. The van der Waals surface area contributed by atoms with Crippen LogP contribution in [0, 0.1) is 5.92 Å². The largest absolute Gasteiger partial charge is 0.495 e. The van der Waals surface area contributed by atoms with Gasteiger partial charge in [-0.1, -0.05) is 17.7 Å². The van der Waals surface area contributed by atoms with Crippen molar-refractivity contribution in [3.05, 3.63) is 77.6 Å². The smallest absolute Gasteiger partial charge is 0.271 e. The number of hydrogen-bond acceptors (Lipinski definition) is 7. The molecule has 1 saturated heterocycles. The number of piperidine rings is 1. The summed E-state index contributed by atoms with van der Waals surface area (Å²) in [5, 5.41) is 4.33. The number of anilines is 2. The maximum atomic E-state index is 13.2. The first kappa shape index (κ1) is 26.3. The van der Waals surface area contributed by atoms with Crippen LogP contribution in [0.1, 0.15) is 23.2 Å². The summed E-state index contributed by atoms with van der Waals surface area (Å²) in [7, 11) is -2.46. The van der Waals surface area contributed by atoms with E-state index >= 15 is 0 Å². The SMILES string of the molecule is COc1ccc(C(=O)NCC2CCN(c3ccncc3)CC2)cc1NS(=O)(=O)c1cc2ccc(Cl)cc2s1. The first-order chi connectivity index (χ1) is 18.3. The highest BCUT2D eigenvalue weighted by Gasteiger charge is 2.23. The van der Waals surface area contributed by atoms with Gasteiger partial charge in [-0.2, -0.15) is 0 Å². The first-order valence-electron chi connectivity index (χ1n) is 12.2. The quantitative estimate of drug-likeness (QED) is 0.294. The van der Waals surface area contributed by atoms with E-state index in [1.54, 1.807) is 48.8 Å². The number of carbonyl (C=O) groups excluding carboxylic acids is 1. The maximum Gasteiger partial charge on any atom is 0.271 e. The van der Waals surface area contributed by atoms with Crippen LogP contribution in [0.15, 0.2) is 71.2 Å². The van der Waals surface area contributed by atoms with Crippen molar-refractivity contribution in [1.82, 2.24) is 10.3 Å². The van der Waals surface area contributed by atoms with E-state index in [4.69, 9.17) is 16.3 Å². The monoisotopic (exact) mass is 570 g/mol. The summed E-state index contributed by atoms with van der Waals surface area (Å²) in [6.07, 6.45) is 5.53. The molecule has 1 fully saturated rings. The lowest BCUT2D eigenvalue weighted by Gasteiger charge is -2.33. The number of hydrogen-bond donors (Lipinski definition) is 2. The van der Waals surface area contributed by atoms with Gasteiger partial charge in [-0.25, -0.2) is 8.42 Å². The molecular weight excluding hydrogens is 544 g/mol. The normalized spacial score (nSPS) is 14.4. The standard InChI is InChI=1S/C27H27ClN4O4S2/c1-36-24-5-3-20(27(33)30-17-18-8-12-32(13-9-18)22-6-10-29-11-7-22)14-23(24)31-38(34,35)26-15-19-2-4-21(28)16-25(19)37-26/h2-7,10-11,14-16,18,31H,8-9,12-13,17H2,1H3,(H,30,33). The third-order valence-corrected chi connectivity index (χ3v) is 9.80. The molecule has 0 spiro atoms. The van der Waals surface area contributed by atoms with Gasteiger partial charge in [0, 0.05) is 53.0 Å². The van der Waals surface area contributed by atoms with Gasteiger partial charge in [0.1, 0.15) is 9.96 Å². The lowest BCUT2D eigenvalue weighted by Crippen LogP contribution is -2.38. The highest BCUT2D eigenvalue weighted by molar-refractivity contribution is 7.94. The number of methoxy groups -OCH3 is 1. The van der Waals surface area contributed by atoms with Crippen molar-refractivity contribution in [3.8, 4) is 5.75 Å². The summed E-state index contributed by atoms with van der Waals surface area (Å²) in [6.45, 7) is 2.40. The van der Waals surface area contributed by atoms with Crippen LogP contribution in [-0.2, 0) is 10.0 Å². The molecule has 0 saturated carbocycles. The Hall–Kier alpha value is -3.34. The molecule has 0 radical (unpaired) electrons. The molecule has 0 atom stereocenters. The molecule has 8 nitrogen and oxygen atoms in total. The number of nitrogens with one attached hydrogen (secondary N) is 2. The molecule has 38 heavy (non-hydrogen) atoms. The number of amides is 1. The fourth-order valence-electron chi connectivity index (χ4n) is 4.53. The molecule has 4 aromatic rings. The van der Waals surface area contributed by atoms with Crippen LogP contribution < -0.4 is 19.7 Å². The van der Waals surface area contributed by atoms with Crippen LogP contribution in [0.5, 0.6) is 5.75 Å². The lowest BCUT2D eigenvalue weighted by atomic mass is 9.96. The minimum Gasteiger partial charge on any atom is -0.495 e. The fourth-order valence-corrected chi connectivity index (χ4v) is 7.26. The van der Waals surface area contributed by atoms with Gasteiger partial charge in [-0.05, 0) is 72.7 Å². The van der Waals surface area contributed by atoms with Gasteiger partial charge in [0.05, 0.1) is 12.8 Å². The van der Waals surface area contributed by atoms with Crippen molar-refractivity contribution >= 4 is 60.3 Å². The van der Waals surface area contributed by atoms with E-state index in [-0.39, 0.29) is 15.8 Å². The number of benzene rings is 2. The fraction of sp³-hybridized carbons (Fsp3) is 0.259. The zero-order valence-electron chi connectivity index (χ0n) is 20.7. The highest BCUT2D eigenvalue weighted by Crippen LogP contribution is 2.34. The number of ether oxygens (including phenoxy) is 1. The first-order valence-corrected chi connectivity index (χ1v) is 14.8. The van der Waals surface area contributed by atoms with E-state index in [0.717, 1.165) is 53.0 Å². The molecule has 2 aromatic heterocycles. The Morgan fingerprint density at radius 1 is 1.11 bits per heavy atom. The highest BCUT2D eigenvalue weighted by atomic mass is 35.5. The molecule has 1 amide bonds. The van der Waals surface area contributed by atoms with Crippen LogP contribution >= 0.6 is 22.9 Å². The van der Waals surface area contributed by atoms with Crippen LogP contribution in [0.25, 0.3) is 10.1 Å². The van der Waals surface area contributed by atoms with E-state index in [9.17, 15) is 13.2 Å². The molecule has 11 heteroatoms. The van der Waals surface area contributed by atoms with E-state index in [0.29, 0.717) is 28.8 Å². The summed E-state index contributed by atoms with van der Waals surface area (Å²) in [5.41, 5.74) is 1.71. The van der Waals surface area contributed by atoms with E-state index in [1.807, 2.05) is 12.1 Å². The lowest BCUT2D eigenvalue weighted by molar-refractivity contribution is 0.0945. The van der Waals surface area contributed by atoms with Crippen LogP contribution in [0.3, 0.4) is 0 Å². The number of carbonyl (C=O) groups is 1. The number of fused-ring (bicyclic) bond motifs is 1. The summed E-state index contributed by atoms with van der Waals surface area (Å²) in [6, 6.07) is 15.6.